The van der Waals surface area contributed by atoms with Crippen molar-refractivity contribution in [3.05, 3.63) is 23.4 Å². The normalized spacial score (nSPS) is 10.0. The lowest BCUT2D eigenvalue weighted by molar-refractivity contribution is 0.0999. The number of ether oxygens (including phenoxy) is 1. The molecule has 1 rings (SSSR count). The highest BCUT2D eigenvalue weighted by Gasteiger charge is 2.05. The Bertz CT molecular complexity index is 353. The number of carbonyl (C=O) groups is 1. The number of rotatable bonds is 5. The van der Waals surface area contributed by atoms with Crippen LogP contribution in [0.5, 0.6) is 5.88 Å². The van der Waals surface area contributed by atoms with Crippen molar-refractivity contribution in [2.45, 2.75) is 6.92 Å². The van der Waals surface area contributed by atoms with Crippen molar-refractivity contribution in [1.82, 2.24) is 10.3 Å². The van der Waals surface area contributed by atoms with Crippen LogP contribution in [0.4, 0.5) is 0 Å². The summed E-state index contributed by atoms with van der Waals surface area (Å²) in [5.41, 5.74) is 6.30. The SMILES string of the molecule is CNCCOc1cc(C(N)=O)cc(C)n1. The predicted molar refractivity (Wildman–Crippen MR) is 56.9 cm³/mol. The van der Waals surface area contributed by atoms with Crippen LogP contribution in [0, 0.1) is 6.92 Å². The van der Waals surface area contributed by atoms with E-state index in [1.807, 2.05) is 7.05 Å². The molecule has 5 heteroatoms. The third-order valence-electron chi connectivity index (χ3n) is 1.82. The van der Waals surface area contributed by atoms with E-state index in [1.54, 1.807) is 19.1 Å². The number of amides is 1. The van der Waals surface area contributed by atoms with Gasteiger partial charge in [0, 0.05) is 23.9 Å². The van der Waals surface area contributed by atoms with Gasteiger partial charge in [-0.1, -0.05) is 0 Å². The molecule has 82 valence electrons. The maximum absolute atomic E-state index is 11.0. The Hall–Kier alpha value is -1.62. The van der Waals surface area contributed by atoms with Gasteiger partial charge in [-0.05, 0) is 20.0 Å². The van der Waals surface area contributed by atoms with Crippen LogP contribution < -0.4 is 15.8 Å². The second-order valence-corrected chi connectivity index (χ2v) is 3.15. The van der Waals surface area contributed by atoms with Crippen molar-refractivity contribution >= 4 is 5.91 Å². The fraction of sp³-hybridized carbons (Fsp3) is 0.400. The maximum Gasteiger partial charge on any atom is 0.248 e. The molecule has 0 saturated carbocycles. The average molecular weight is 209 g/mol. The highest BCUT2D eigenvalue weighted by atomic mass is 16.5. The fourth-order valence-electron chi connectivity index (χ4n) is 1.11. The molecule has 0 atom stereocenters. The molecule has 15 heavy (non-hydrogen) atoms. The molecular formula is C10H15N3O2. The number of aryl methyl sites for hydroxylation is 1. The lowest BCUT2D eigenvalue weighted by Crippen LogP contribution is -2.17. The van der Waals surface area contributed by atoms with Crippen molar-refractivity contribution in [2.24, 2.45) is 5.73 Å². The van der Waals surface area contributed by atoms with E-state index in [2.05, 4.69) is 10.3 Å². The summed E-state index contributed by atoms with van der Waals surface area (Å²) in [5.74, 6) is -0.0435. The van der Waals surface area contributed by atoms with Gasteiger partial charge in [-0.2, -0.15) is 0 Å². The maximum atomic E-state index is 11.0. The third-order valence-corrected chi connectivity index (χ3v) is 1.82. The summed E-state index contributed by atoms with van der Waals surface area (Å²) < 4.78 is 5.34. The smallest absolute Gasteiger partial charge is 0.248 e. The van der Waals surface area contributed by atoms with Crippen LogP contribution in [0.3, 0.4) is 0 Å². The van der Waals surface area contributed by atoms with Gasteiger partial charge in [0.15, 0.2) is 0 Å². The topological polar surface area (TPSA) is 77.2 Å². The molecule has 0 saturated heterocycles. The van der Waals surface area contributed by atoms with E-state index in [4.69, 9.17) is 10.5 Å². The second-order valence-electron chi connectivity index (χ2n) is 3.15. The molecule has 0 aliphatic rings. The molecule has 1 aromatic heterocycles. The summed E-state index contributed by atoms with van der Waals surface area (Å²) in [6.07, 6.45) is 0. The van der Waals surface area contributed by atoms with Crippen LogP contribution in [0.15, 0.2) is 12.1 Å². The van der Waals surface area contributed by atoms with Crippen molar-refractivity contribution in [2.75, 3.05) is 20.2 Å². The molecule has 0 unspecified atom stereocenters. The van der Waals surface area contributed by atoms with E-state index in [0.29, 0.717) is 23.7 Å². The third kappa shape index (κ3) is 3.55. The van der Waals surface area contributed by atoms with Crippen molar-refractivity contribution in [3.63, 3.8) is 0 Å². The summed E-state index contributed by atoms with van der Waals surface area (Å²) in [6.45, 7) is 3.02. The van der Waals surface area contributed by atoms with E-state index in [1.165, 1.54) is 0 Å². The Morgan fingerprint density at radius 3 is 2.93 bits per heavy atom. The molecule has 3 N–H and O–H groups in total. The van der Waals surface area contributed by atoms with Crippen LogP contribution in [0.1, 0.15) is 16.1 Å². The molecule has 1 amide bonds. The number of hydrogen-bond acceptors (Lipinski definition) is 4. The van der Waals surface area contributed by atoms with Crippen LogP contribution in [-0.4, -0.2) is 31.1 Å². The van der Waals surface area contributed by atoms with Gasteiger partial charge in [0.25, 0.3) is 0 Å². The van der Waals surface area contributed by atoms with Crippen LogP contribution in [0.25, 0.3) is 0 Å². The van der Waals surface area contributed by atoms with Crippen molar-refractivity contribution in [3.8, 4) is 5.88 Å². The van der Waals surface area contributed by atoms with E-state index in [9.17, 15) is 4.79 Å². The monoisotopic (exact) mass is 209 g/mol. The molecule has 0 radical (unpaired) electrons. The zero-order valence-electron chi connectivity index (χ0n) is 8.91. The number of primary amides is 1. The zero-order valence-corrected chi connectivity index (χ0v) is 8.91. The lowest BCUT2D eigenvalue weighted by atomic mass is 10.2. The summed E-state index contributed by atoms with van der Waals surface area (Å²) in [6, 6.07) is 3.18. The number of hydrogen-bond donors (Lipinski definition) is 2. The van der Waals surface area contributed by atoms with E-state index >= 15 is 0 Å². The average Bonchev–Trinajstić information content (AvgIpc) is 2.17. The van der Waals surface area contributed by atoms with Gasteiger partial charge >= 0.3 is 0 Å². The number of nitrogens with one attached hydrogen (secondary N) is 1. The van der Waals surface area contributed by atoms with E-state index < -0.39 is 5.91 Å². The van der Waals surface area contributed by atoms with E-state index in [0.717, 1.165) is 6.54 Å². The van der Waals surface area contributed by atoms with Gasteiger partial charge in [-0.15, -0.1) is 0 Å². The number of aromatic nitrogens is 1. The van der Waals surface area contributed by atoms with Crippen LogP contribution in [0.2, 0.25) is 0 Å². The number of nitrogens with zero attached hydrogens (tertiary/aromatic N) is 1. The molecule has 0 aliphatic heterocycles. The molecule has 5 nitrogen and oxygen atoms in total. The minimum absolute atomic E-state index is 0.418. The van der Waals surface area contributed by atoms with Crippen LogP contribution >= 0.6 is 0 Å². The summed E-state index contributed by atoms with van der Waals surface area (Å²) in [4.78, 5) is 15.1. The Balaban J connectivity index is 2.75. The van der Waals surface area contributed by atoms with Gasteiger partial charge in [0.2, 0.25) is 11.8 Å². The highest BCUT2D eigenvalue weighted by Crippen LogP contribution is 2.11. The Labute approximate surface area is 88.6 Å². The first-order valence-corrected chi connectivity index (χ1v) is 4.69. The molecular weight excluding hydrogens is 194 g/mol. The molecule has 0 aliphatic carbocycles. The van der Waals surface area contributed by atoms with E-state index in [-0.39, 0.29) is 0 Å². The zero-order chi connectivity index (χ0) is 11.3. The number of pyridine rings is 1. The Morgan fingerprint density at radius 2 is 2.33 bits per heavy atom. The molecule has 0 aromatic carbocycles. The van der Waals surface area contributed by atoms with Crippen molar-refractivity contribution < 1.29 is 9.53 Å². The Kier molecular flexibility index (Phi) is 4.05. The predicted octanol–water partition coefficient (Wildman–Crippen LogP) is 0.0871. The second kappa shape index (κ2) is 5.31. The summed E-state index contributed by atoms with van der Waals surface area (Å²) >= 11 is 0. The first kappa shape index (κ1) is 11.5. The fourth-order valence-corrected chi connectivity index (χ4v) is 1.11. The van der Waals surface area contributed by atoms with Gasteiger partial charge in [0.1, 0.15) is 6.61 Å². The first-order valence-electron chi connectivity index (χ1n) is 4.69. The minimum Gasteiger partial charge on any atom is -0.476 e. The molecule has 0 spiro atoms. The summed E-state index contributed by atoms with van der Waals surface area (Å²) in [5, 5.41) is 2.95. The van der Waals surface area contributed by atoms with Gasteiger partial charge in [-0.3, -0.25) is 4.79 Å². The van der Waals surface area contributed by atoms with Gasteiger partial charge in [-0.25, -0.2) is 4.98 Å². The molecule has 1 heterocycles. The van der Waals surface area contributed by atoms with Crippen molar-refractivity contribution in [1.29, 1.82) is 0 Å². The van der Waals surface area contributed by atoms with Crippen LogP contribution in [-0.2, 0) is 0 Å². The van der Waals surface area contributed by atoms with Gasteiger partial charge in [0.05, 0.1) is 0 Å². The molecule has 0 bridgehead atoms. The lowest BCUT2D eigenvalue weighted by Gasteiger charge is -2.06. The first-order chi connectivity index (χ1) is 7.13. The molecule has 0 fully saturated rings. The minimum atomic E-state index is -0.473. The van der Waals surface area contributed by atoms with Gasteiger partial charge < -0.3 is 15.8 Å². The summed E-state index contributed by atoms with van der Waals surface area (Å²) in [7, 11) is 1.84. The number of likely N-dealkylation sites (N-methyl/N-ethyl adjacent to an activating group) is 1. The number of carbonyl (C=O) groups excluding carboxylic acids is 1. The number of nitrogens with two attached hydrogens (primary N) is 1. The Morgan fingerprint density at radius 1 is 1.60 bits per heavy atom. The standard InChI is InChI=1S/C10H15N3O2/c1-7-5-8(10(11)14)6-9(13-7)15-4-3-12-2/h5-6,12H,3-4H2,1-2H3,(H2,11,14). The quantitative estimate of drug-likeness (QED) is 0.674. The highest BCUT2D eigenvalue weighted by molar-refractivity contribution is 5.93. The largest absolute Gasteiger partial charge is 0.476 e. The molecule has 1 aromatic rings.